The maximum Gasteiger partial charge on any atom is 0.147 e. The number of aromatic nitrogens is 2. The van der Waals surface area contributed by atoms with Gasteiger partial charge in [-0.05, 0) is 30.3 Å². The number of alkyl halides is 1. The van der Waals surface area contributed by atoms with Crippen LogP contribution in [0.4, 0.5) is 4.39 Å². The third-order valence-corrected chi connectivity index (χ3v) is 3.37. The fourth-order valence-corrected chi connectivity index (χ4v) is 2.44. The first-order valence-corrected chi connectivity index (χ1v) is 6.59. The van der Waals surface area contributed by atoms with Crippen LogP contribution in [0.15, 0.2) is 42.5 Å². The molecule has 0 saturated carbocycles. The van der Waals surface area contributed by atoms with Gasteiger partial charge in [-0.2, -0.15) is 0 Å². The number of halogens is 3. The highest BCUT2D eigenvalue weighted by molar-refractivity contribution is 6.31. The summed E-state index contributed by atoms with van der Waals surface area (Å²) < 4.78 is 15.7. The monoisotopic (exact) mass is 294 g/mol. The number of nitrogens with zero attached hydrogens (tertiary/aromatic N) is 2. The van der Waals surface area contributed by atoms with Crippen LogP contribution in [0.25, 0.3) is 16.7 Å². The first-order valence-electron chi connectivity index (χ1n) is 5.68. The molecule has 1 heterocycles. The molecule has 0 fully saturated rings. The fraction of sp³-hybridized carbons (Fsp3) is 0.0714. The highest BCUT2D eigenvalue weighted by atomic mass is 35.5. The molecule has 0 atom stereocenters. The Hall–Kier alpha value is -1.58. The van der Waals surface area contributed by atoms with Gasteiger partial charge < -0.3 is 0 Å². The van der Waals surface area contributed by atoms with Crippen molar-refractivity contribution in [3.05, 3.63) is 59.1 Å². The van der Waals surface area contributed by atoms with E-state index in [-0.39, 0.29) is 11.7 Å². The molecule has 96 valence electrons. The summed E-state index contributed by atoms with van der Waals surface area (Å²) in [5, 5.41) is 0.590. The molecule has 0 saturated heterocycles. The van der Waals surface area contributed by atoms with Gasteiger partial charge in [0.1, 0.15) is 11.6 Å². The summed E-state index contributed by atoms with van der Waals surface area (Å²) in [7, 11) is 0. The lowest BCUT2D eigenvalue weighted by atomic mass is 10.2. The minimum atomic E-state index is -0.317. The van der Waals surface area contributed by atoms with E-state index in [1.807, 2.05) is 6.07 Å². The molecule has 0 aliphatic heterocycles. The van der Waals surface area contributed by atoms with Gasteiger partial charge in [-0.1, -0.05) is 23.7 Å². The summed E-state index contributed by atoms with van der Waals surface area (Å²) in [6.07, 6.45) is 0. The maximum atomic E-state index is 14.0. The van der Waals surface area contributed by atoms with Gasteiger partial charge in [0.05, 0.1) is 22.6 Å². The minimum absolute atomic E-state index is 0.195. The lowest BCUT2D eigenvalue weighted by molar-refractivity contribution is 0.618. The van der Waals surface area contributed by atoms with E-state index in [4.69, 9.17) is 23.2 Å². The molecule has 0 aliphatic carbocycles. The summed E-state index contributed by atoms with van der Waals surface area (Å²) in [6.45, 7) is 0. The van der Waals surface area contributed by atoms with Crippen molar-refractivity contribution in [3.63, 3.8) is 0 Å². The Morgan fingerprint density at radius 3 is 2.68 bits per heavy atom. The maximum absolute atomic E-state index is 14.0. The van der Waals surface area contributed by atoms with Crippen LogP contribution in [-0.4, -0.2) is 9.55 Å². The van der Waals surface area contributed by atoms with Crippen molar-refractivity contribution in [1.29, 1.82) is 0 Å². The van der Waals surface area contributed by atoms with Gasteiger partial charge >= 0.3 is 0 Å². The van der Waals surface area contributed by atoms with Gasteiger partial charge in [0.15, 0.2) is 0 Å². The molecule has 0 N–H and O–H groups in total. The first-order chi connectivity index (χ1) is 9.20. The van der Waals surface area contributed by atoms with E-state index >= 15 is 0 Å². The van der Waals surface area contributed by atoms with E-state index in [0.29, 0.717) is 22.1 Å². The number of hydrogen-bond acceptors (Lipinski definition) is 1. The first kappa shape index (κ1) is 12.5. The second kappa shape index (κ2) is 4.83. The zero-order valence-electron chi connectivity index (χ0n) is 9.78. The molecule has 0 bridgehead atoms. The number of imidazole rings is 1. The lowest BCUT2D eigenvalue weighted by Crippen LogP contribution is -2.01. The van der Waals surface area contributed by atoms with Gasteiger partial charge in [-0.25, -0.2) is 9.37 Å². The average molecular weight is 295 g/mol. The van der Waals surface area contributed by atoms with Crippen LogP contribution < -0.4 is 0 Å². The van der Waals surface area contributed by atoms with Crippen molar-refractivity contribution in [2.45, 2.75) is 5.88 Å². The van der Waals surface area contributed by atoms with Crippen molar-refractivity contribution in [2.75, 3.05) is 0 Å². The van der Waals surface area contributed by atoms with Gasteiger partial charge in [0.25, 0.3) is 0 Å². The predicted molar refractivity (Wildman–Crippen MR) is 75.6 cm³/mol. The molecule has 0 spiro atoms. The molecule has 3 aromatic rings. The quantitative estimate of drug-likeness (QED) is 0.634. The normalized spacial score (nSPS) is 11.1. The third-order valence-electron chi connectivity index (χ3n) is 2.90. The summed E-state index contributed by atoms with van der Waals surface area (Å²) in [6, 6.07) is 11.8. The van der Waals surface area contributed by atoms with Crippen molar-refractivity contribution in [3.8, 4) is 5.69 Å². The van der Waals surface area contributed by atoms with Crippen molar-refractivity contribution in [2.24, 2.45) is 0 Å². The van der Waals surface area contributed by atoms with Crippen molar-refractivity contribution in [1.82, 2.24) is 9.55 Å². The number of para-hydroxylation sites is 1. The molecule has 0 amide bonds. The van der Waals surface area contributed by atoms with Crippen LogP contribution in [-0.2, 0) is 5.88 Å². The molecule has 1 aromatic heterocycles. The number of benzene rings is 2. The van der Waals surface area contributed by atoms with Crippen molar-refractivity contribution < 1.29 is 4.39 Å². The largest absolute Gasteiger partial charge is 0.292 e. The van der Waals surface area contributed by atoms with Crippen LogP contribution in [0.2, 0.25) is 5.02 Å². The van der Waals surface area contributed by atoms with Gasteiger partial charge in [0.2, 0.25) is 0 Å². The van der Waals surface area contributed by atoms with Crippen LogP contribution >= 0.6 is 23.2 Å². The van der Waals surface area contributed by atoms with Gasteiger partial charge in [-0.15, -0.1) is 11.6 Å². The zero-order valence-corrected chi connectivity index (χ0v) is 11.3. The molecule has 19 heavy (non-hydrogen) atoms. The molecule has 3 rings (SSSR count). The van der Waals surface area contributed by atoms with E-state index in [1.165, 1.54) is 6.07 Å². The number of hydrogen-bond donors (Lipinski definition) is 0. The zero-order chi connectivity index (χ0) is 13.4. The Bertz CT molecular complexity index is 752. The Kier molecular flexibility index (Phi) is 3.17. The van der Waals surface area contributed by atoms with Crippen LogP contribution in [0.1, 0.15) is 5.82 Å². The Morgan fingerprint density at radius 1 is 1.16 bits per heavy atom. The summed E-state index contributed by atoms with van der Waals surface area (Å²) in [4.78, 5) is 4.39. The SMILES string of the molecule is Fc1ccccc1-n1c(CCl)nc2cc(Cl)ccc21. The molecule has 0 unspecified atom stereocenters. The van der Waals surface area contributed by atoms with E-state index in [0.717, 1.165) is 5.52 Å². The molecular weight excluding hydrogens is 286 g/mol. The van der Waals surface area contributed by atoms with Crippen LogP contribution in [0, 0.1) is 5.82 Å². The number of fused-ring (bicyclic) bond motifs is 1. The van der Waals surface area contributed by atoms with Crippen LogP contribution in [0.3, 0.4) is 0 Å². The van der Waals surface area contributed by atoms with E-state index in [9.17, 15) is 4.39 Å². The second-order valence-electron chi connectivity index (χ2n) is 4.08. The highest BCUT2D eigenvalue weighted by Gasteiger charge is 2.14. The number of rotatable bonds is 2. The summed E-state index contributed by atoms with van der Waals surface area (Å²) >= 11 is 11.9. The fourth-order valence-electron chi connectivity index (χ4n) is 2.09. The van der Waals surface area contributed by atoms with E-state index in [2.05, 4.69) is 4.98 Å². The topological polar surface area (TPSA) is 17.8 Å². The van der Waals surface area contributed by atoms with Gasteiger partial charge in [-0.3, -0.25) is 4.57 Å². The predicted octanol–water partition coefficient (Wildman–Crippen LogP) is 4.56. The average Bonchev–Trinajstić information content (AvgIpc) is 2.76. The second-order valence-corrected chi connectivity index (χ2v) is 4.79. The molecule has 0 aliphatic rings. The third kappa shape index (κ3) is 2.09. The Labute approximate surface area is 119 Å². The molecule has 0 radical (unpaired) electrons. The van der Waals surface area contributed by atoms with E-state index in [1.54, 1.807) is 34.9 Å². The Balaban J connectivity index is 2.36. The molecule has 5 heteroatoms. The molecule has 2 nitrogen and oxygen atoms in total. The smallest absolute Gasteiger partial charge is 0.147 e. The Morgan fingerprint density at radius 2 is 1.95 bits per heavy atom. The summed E-state index contributed by atoms with van der Waals surface area (Å²) in [5.41, 5.74) is 1.92. The molecule has 2 aromatic carbocycles. The molecular formula is C14H9Cl2FN2. The highest BCUT2D eigenvalue weighted by Crippen LogP contribution is 2.26. The standard InChI is InChI=1S/C14H9Cl2FN2/c15-8-14-18-11-7-9(16)5-6-13(11)19(14)12-4-2-1-3-10(12)17/h1-7H,8H2. The summed E-state index contributed by atoms with van der Waals surface area (Å²) in [5.74, 6) is 0.466. The van der Waals surface area contributed by atoms with Gasteiger partial charge in [0, 0.05) is 5.02 Å². The van der Waals surface area contributed by atoms with E-state index < -0.39 is 0 Å². The van der Waals surface area contributed by atoms with Crippen molar-refractivity contribution >= 4 is 34.2 Å². The van der Waals surface area contributed by atoms with Crippen LogP contribution in [0.5, 0.6) is 0 Å². The minimum Gasteiger partial charge on any atom is -0.292 e. The lowest BCUT2D eigenvalue weighted by Gasteiger charge is -2.08.